The van der Waals surface area contributed by atoms with Gasteiger partial charge in [-0.25, -0.2) is 0 Å². The van der Waals surface area contributed by atoms with Gasteiger partial charge in [0.25, 0.3) is 0 Å². The maximum atomic E-state index is 10.5. The Morgan fingerprint density at radius 3 is 1.50 bits per heavy atom. The Labute approximate surface area is 107 Å². The van der Waals surface area contributed by atoms with E-state index in [2.05, 4.69) is 0 Å². The Hall–Kier alpha value is -1.84. The van der Waals surface area contributed by atoms with Crippen LogP contribution in [0.15, 0.2) is 24.3 Å². The number of aliphatic carboxylic acids is 2. The first-order valence-corrected chi connectivity index (χ1v) is 6.10. The van der Waals surface area contributed by atoms with Crippen molar-refractivity contribution >= 4 is 11.9 Å². The van der Waals surface area contributed by atoms with Crippen LogP contribution in [0.5, 0.6) is 0 Å². The first-order chi connectivity index (χ1) is 8.59. The minimum atomic E-state index is -0.840. The van der Waals surface area contributed by atoms with Crippen LogP contribution in [0, 0.1) is 0 Å². The number of aryl methyl sites for hydroxylation is 2. The smallest absolute Gasteiger partial charge is 0.303 e. The summed E-state index contributed by atoms with van der Waals surface area (Å²) in [7, 11) is 0. The summed E-state index contributed by atoms with van der Waals surface area (Å²) in [5.41, 5.74) is 1.84. The van der Waals surface area contributed by atoms with E-state index < -0.39 is 11.9 Å². The lowest BCUT2D eigenvalue weighted by molar-refractivity contribution is -0.138. The van der Waals surface area contributed by atoms with Crippen LogP contribution in [-0.4, -0.2) is 22.2 Å². The third kappa shape index (κ3) is 6.68. The monoisotopic (exact) mass is 252 g/mol. The minimum Gasteiger partial charge on any atom is -0.481 e. The first kappa shape index (κ1) is 16.2. The van der Waals surface area contributed by atoms with E-state index in [1.807, 2.05) is 38.1 Å². The van der Waals surface area contributed by atoms with Crippen molar-refractivity contribution in [2.75, 3.05) is 0 Å². The van der Waals surface area contributed by atoms with Gasteiger partial charge in [-0.1, -0.05) is 38.1 Å². The van der Waals surface area contributed by atoms with E-state index in [0.29, 0.717) is 12.8 Å². The van der Waals surface area contributed by atoms with Gasteiger partial charge in [0.1, 0.15) is 0 Å². The highest BCUT2D eigenvalue weighted by atomic mass is 16.4. The molecule has 1 aromatic rings. The maximum Gasteiger partial charge on any atom is 0.303 e. The van der Waals surface area contributed by atoms with Gasteiger partial charge < -0.3 is 10.2 Å². The zero-order chi connectivity index (χ0) is 14.0. The summed E-state index contributed by atoms with van der Waals surface area (Å²) in [5, 5.41) is 17.2. The molecule has 1 aromatic carbocycles. The molecule has 2 N–H and O–H groups in total. The van der Waals surface area contributed by atoms with Gasteiger partial charge in [0, 0.05) is 12.8 Å². The van der Waals surface area contributed by atoms with Gasteiger partial charge in [-0.05, 0) is 24.0 Å². The summed E-state index contributed by atoms with van der Waals surface area (Å²) in [6.07, 6.45) is 1.05. The Morgan fingerprint density at radius 2 is 1.22 bits per heavy atom. The topological polar surface area (TPSA) is 74.6 Å². The summed E-state index contributed by atoms with van der Waals surface area (Å²) in [6, 6.07) is 7.36. The average Bonchev–Trinajstić information content (AvgIpc) is 2.37. The number of benzene rings is 1. The molecule has 4 nitrogen and oxygen atoms in total. The molecular formula is C14H20O4. The van der Waals surface area contributed by atoms with Crippen LogP contribution < -0.4 is 0 Å². The van der Waals surface area contributed by atoms with Gasteiger partial charge in [0.2, 0.25) is 0 Å². The highest BCUT2D eigenvalue weighted by Gasteiger charge is 2.06. The van der Waals surface area contributed by atoms with Crippen LogP contribution in [0.4, 0.5) is 0 Å². The Morgan fingerprint density at radius 1 is 0.889 bits per heavy atom. The van der Waals surface area contributed by atoms with Gasteiger partial charge in [0.05, 0.1) is 0 Å². The number of carboxylic acids is 2. The lowest BCUT2D eigenvalue weighted by Crippen LogP contribution is -2.03. The second-order valence-corrected chi connectivity index (χ2v) is 3.56. The van der Waals surface area contributed by atoms with Crippen molar-refractivity contribution < 1.29 is 19.8 Å². The molecule has 0 aromatic heterocycles. The maximum absolute atomic E-state index is 10.5. The van der Waals surface area contributed by atoms with Crippen LogP contribution in [0.2, 0.25) is 0 Å². The SMILES string of the molecule is CC.O=C(O)CCc1ccccc1CCC(=O)O. The molecule has 0 atom stereocenters. The van der Waals surface area contributed by atoms with Gasteiger partial charge in [-0.2, -0.15) is 0 Å². The molecule has 0 fully saturated rings. The van der Waals surface area contributed by atoms with Crippen LogP contribution >= 0.6 is 0 Å². The van der Waals surface area contributed by atoms with Gasteiger partial charge in [-0.3, -0.25) is 9.59 Å². The summed E-state index contributed by atoms with van der Waals surface area (Å²) in [5.74, 6) is -1.68. The van der Waals surface area contributed by atoms with E-state index >= 15 is 0 Å². The molecule has 0 radical (unpaired) electrons. The van der Waals surface area contributed by atoms with Crippen LogP contribution in [-0.2, 0) is 22.4 Å². The van der Waals surface area contributed by atoms with Crippen molar-refractivity contribution in [2.24, 2.45) is 0 Å². The number of carbonyl (C=O) groups is 2. The molecule has 0 unspecified atom stereocenters. The normalized spacial score (nSPS) is 9.22. The van der Waals surface area contributed by atoms with E-state index in [1.54, 1.807) is 0 Å². The highest BCUT2D eigenvalue weighted by molar-refractivity contribution is 5.68. The summed E-state index contributed by atoms with van der Waals surface area (Å²) in [4.78, 5) is 20.9. The van der Waals surface area contributed by atoms with Gasteiger partial charge in [0.15, 0.2) is 0 Å². The third-order valence-corrected chi connectivity index (χ3v) is 2.33. The quantitative estimate of drug-likeness (QED) is 0.816. The molecule has 1 rings (SSSR count). The Bertz CT molecular complexity index is 348. The van der Waals surface area contributed by atoms with Crippen molar-refractivity contribution in [3.8, 4) is 0 Å². The molecule has 18 heavy (non-hydrogen) atoms. The fraction of sp³-hybridized carbons (Fsp3) is 0.429. The van der Waals surface area contributed by atoms with E-state index in [1.165, 1.54) is 0 Å². The molecule has 0 amide bonds. The van der Waals surface area contributed by atoms with Crippen molar-refractivity contribution in [3.63, 3.8) is 0 Å². The Kier molecular flexibility index (Phi) is 8.27. The first-order valence-electron chi connectivity index (χ1n) is 6.10. The molecule has 0 saturated heterocycles. The van der Waals surface area contributed by atoms with Crippen molar-refractivity contribution in [3.05, 3.63) is 35.4 Å². The summed E-state index contributed by atoms with van der Waals surface area (Å²) < 4.78 is 0. The average molecular weight is 252 g/mol. The molecule has 0 bridgehead atoms. The fourth-order valence-corrected chi connectivity index (χ4v) is 1.53. The van der Waals surface area contributed by atoms with E-state index in [-0.39, 0.29) is 12.8 Å². The zero-order valence-electron chi connectivity index (χ0n) is 10.8. The standard InChI is InChI=1S/C12H14O4.C2H6/c13-11(14)7-5-9-3-1-2-4-10(9)6-8-12(15)16;1-2/h1-4H,5-8H2,(H,13,14)(H,15,16);1-2H3. The number of rotatable bonds is 6. The minimum absolute atomic E-state index is 0.0735. The van der Waals surface area contributed by atoms with Crippen LogP contribution in [0.3, 0.4) is 0 Å². The second kappa shape index (κ2) is 9.22. The molecule has 4 heteroatoms. The number of hydrogen-bond acceptors (Lipinski definition) is 2. The molecular weight excluding hydrogens is 232 g/mol. The van der Waals surface area contributed by atoms with E-state index in [0.717, 1.165) is 11.1 Å². The molecule has 0 saturated carbocycles. The van der Waals surface area contributed by atoms with Crippen LogP contribution in [0.1, 0.15) is 37.8 Å². The van der Waals surface area contributed by atoms with Gasteiger partial charge in [-0.15, -0.1) is 0 Å². The lowest BCUT2D eigenvalue weighted by atomic mass is 9.99. The molecule has 0 aliphatic carbocycles. The third-order valence-electron chi connectivity index (χ3n) is 2.33. The predicted octanol–water partition coefficient (Wildman–Crippen LogP) is 2.75. The molecule has 0 spiro atoms. The predicted molar refractivity (Wildman–Crippen MR) is 69.7 cm³/mol. The molecule has 0 aliphatic heterocycles. The van der Waals surface area contributed by atoms with Crippen molar-refractivity contribution in [2.45, 2.75) is 39.5 Å². The van der Waals surface area contributed by atoms with Crippen molar-refractivity contribution in [1.29, 1.82) is 0 Å². The molecule has 0 heterocycles. The van der Waals surface area contributed by atoms with Crippen molar-refractivity contribution in [1.82, 2.24) is 0 Å². The lowest BCUT2D eigenvalue weighted by Gasteiger charge is -2.06. The van der Waals surface area contributed by atoms with E-state index in [9.17, 15) is 9.59 Å². The summed E-state index contributed by atoms with van der Waals surface area (Å²) >= 11 is 0. The van der Waals surface area contributed by atoms with Gasteiger partial charge >= 0.3 is 11.9 Å². The summed E-state index contributed by atoms with van der Waals surface area (Å²) in [6.45, 7) is 4.00. The van der Waals surface area contributed by atoms with E-state index in [4.69, 9.17) is 10.2 Å². The second-order valence-electron chi connectivity index (χ2n) is 3.56. The fourth-order valence-electron chi connectivity index (χ4n) is 1.53. The zero-order valence-corrected chi connectivity index (χ0v) is 10.8. The molecule has 0 aliphatic rings. The highest BCUT2D eigenvalue weighted by Crippen LogP contribution is 2.13. The largest absolute Gasteiger partial charge is 0.481 e. The molecule has 100 valence electrons. The number of carboxylic acid groups (broad SMARTS) is 2. The Balaban J connectivity index is 0.00000137. The number of hydrogen-bond donors (Lipinski definition) is 2. The van der Waals surface area contributed by atoms with Crippen LogP contribution in [0.25, 0.3) is 0 Å².